The Kier molecular flexibility index (Phi) is 7.52. The maximum absolute atomic E-state index is 13.5. The Labute approximate surface area is 197 Å². The third kappa shape index (κ3) is 5.95. The van der Waals surface area contributed by atoms with Crippen molar-refractivity contribution >= 4 is 21.6 Å². The highest BCUT2D eigenvalue weighted by Gasteiger charge is 2.24. The summed E-state index contributed by atoms with van der Waals surface area (Å²) in [6.45, 7) is 2.63. The van der Waals surface area contributed by atoms with Crippen LogP contribution in [0.4, 0.5) is 14.5 Å². The Balaban J connectivity index is 1.21. The van der Waals surface area contributed by atoms with E-state index in [2.05, 4.69) is 10.0 Å². The quantitative estimate of drug-likeness (QED) is 0.584. The number of sulfonamides is 1. The molecule has 1 unspecified atom stereocenters. The average Bonchev–Trinajstić information content (AvgIpc) is 3.16. The van der Waals surface area contributed by atoms with E-state index in [4.69, 9.17) is 9.47 Å². The first kappa shape index (κ1) is 24.2. The summed E-state index contributed by atoms with van der Waals surface area (Å²) in [6, 6.07) is 8.23. The SMILES string of the molecule is O=C(CCNS(=O)(=O)c1ccc2c(c1)OCCCO2)NCC1CCN(c2ccc(F)c(F)c2)C1. The van der Waals surface area contributed by atoms with Gasteiger partial charge in [-0.3, -0.25) is 4.79 Å². The highest BCUT2D eigenvalue weighted by atomic mass is 32.2. The molecule has 8 nitrogen and oxygen atoms in total. The minimum Gasteiger partial charge on any atom is -0.490 e. The molecular formula is C23H27F2N3O5S. The smallest absolute Gasteiger partial charge is 0.240 e. The van der Waals surface area contributed by atoms with Crippen LogP contribution in [0.5, 0.6) is 11.5 Å². The molecule has 0 aromatic heterocycles. The first-order chi connectivity index (χ1) is 16.3. The summed E-state index contributed by atoms with van der Waals surface area (Å²) < 4.78 is 65.2. The number of carbonyl (C=O) groups is 1. The fourth-order valence-corrected chi connectivity index (χ4v) is 5.00. The van der Waals surface area contributed by atoms with Gasteiger partial charge in [-0.05, 0) is 36.6 Å². The van der Waals surface area contributed by atoms with Crippen molar-refractivity contribution in [2.45, 2.75) is 24.2 Å². The van der Waals surface area contributed by atoms with Crippen molar-refractivity contribution < 1.29 is 31.5 Å². The Morgan fingerprint density at radius 2 is 1.85 bits per heavy atom. The Morgan fingerprint density at radius 3 is 2.65 bits per heavy atom. The molecule has 1 atom stereocenters. The molecule has 1 saturated heterocycles. The number of rotatable bonds is 8. The molecule has 0 spiro atoms. The van der Waals surface area contributed by atoms with Gasteiger partial charge in [-0.25, -0.2) is 21.9 Å². The number of ether oxygens (including phenoxy) is 2. The Morgan fingerprint density at radius 1 is 1.06 bits per heavy atom. The number of halogens is 2. The van der Waals surface area contributed by atoms with E-state index in [1.807, 2.05) is 4.90 Å². The van der Waals surface area contributed by atoms with Gasteiger partial charge in [0.15, 0.2) is 23.1 Å². The van der Waals surface area contributed by atoms with E-state index < -0.39 is 21.7 Å². The standard InChI is InChI=1S/C23H27F2N3O5S/c24-19-4-2-17(12-20(19)25)28-9-7-16(15-28)14-26-23(29)6-8-27-34(30,31)18-3-5-21-22(13-18)33-11-1-10-32-21/h2-5,12-13,16,27H,1,6-11,14-15H2,(H,26,29). The molecular weight excluding hydrogens is 468 g/mol. The van der Waals surface area contributed by atoms with Crippen molar-refractivity contribution in [2.24, 2.45) is 5.92 Å². The number of nitrogens with one attached hydrogen (secondary N) is 2. The fourth-order valence-electron chi connectivity index (χ4n) is 3.96. The van der Waals surface area contributed by atoms with Crippen molar-refractivity contribution in [3.63, 3.8) is 0 Å². The van der Waals surface area contributed by atoms with Gasteiger partial charge in [0.1, 0.15) is 0 Å². The molecule has 4 rings (SSSR count). The molecule has 2 aliphatic rings. The van der Waals surface area contributed by atoms with Crippen LogP contribution < -0.4 is 24.4 Å². The molecule has 11 heteroatoms. The summed E-state index contributed by atoms with van der Waals surface area (Å²) in [5.41, 5.74) is 0.608. The number of fused-ring (bicyclic) bond motifs is 1. The van der Waals surface area contributed by atoms with Gasteiger partial charge in [-0.1, -0.05) is 0 Å². The second kappa shape index (κ2) is 10.6. The molecule has 1 fully saturated rings. The maximum Gasteiger partial charge on any atom is 0.240 e. The van der Waals surface area contributed by atoms with Crippen molar-refractivity contribution in [1.29, 1.82) is 0 Å². The molecule has 34 heavy (non-hydrogen) atoms. The highest BCUT2D eigenvalue weighted by molar-refractivity contribution is 7.89. The zero-order chi connectivity index (χ0) is 24.1. The monoisotopic (exact) mass is 495 g/mol. The molecule has 1 amide bonds. The molecule has 0 bridgehead atoms. The molecule has 0 radical (unpaired) electrons. The number of nitrogens with zero attached hydrogens (tertiary/aromatic N) is 1. The van der Waals surface area contributed by atoms with Gasteiger partial charge in [0.05, 0.1) is 18.1 Å². The van der Waals surface area contributed by atoms with Crippen molar-refractivity contribution in [1.82, 2.24) is 10.0 Å². The van der Waals surface area contributed by atoms with E-state index in [9.17, 15) is 22.0 Å². The van der Waals surface area contributed by atoms with E-state index >= 15 is 0 Å². The van der Waals surface area contributed by atoms with Crippen molar-refractivity contribution in [3.8, 4) is 11.5 Å². The van der Waals surface area contributed by atoms with Crippen LogP contribution >= 0.6 is 0 Å². The number of hydrogen-bond donors (Lipinski definition) is 2. The van der Waals surface area contributed by atoms with Crippen LogP contribution in [0.3, 0.4) is 0 Å². The van der Waals surface area contributed by atoms with E-state index in [1.165, 1.54) is 24.3 Å². The zero-order valence-corrected chi connectivity index (χ0v) is 19.4. The van der Waals surface area contributed by atoms with Gasteiger partial charge in [0.25, 0.3) is 0 Å². The summed E-state index contributed by atoms with van der Waals surface area (Å²) in [5.74, 6) is -0.989. The van der Waals surface area contributed by atoms with Crippen LogP contribution in [0.2, 0.25) is 0 Å². The third-order valence-electron chi connectivity index (χ3n) is 5.82. The van der Waals surface area contributed by atoms with Crippen LogP contribution in [0.15, 0.2) is 41.3 Å². The second-order valence-corrected chi connectivity index (χ2v) is 10.1. The van der Waals surface area contributed by atoms with Crippen LogP contribution in [-0.4, -0.2) is 53.7 Å². The topological polar surface area (TPSA) is 97.0 Å². The predicted molar refractivity (Wildman–Crippen MR) is 122 cm³/mol. The highest BCUT2D eigenvalue weighted by Crippen LogP contribution is 2.31. The van der Waals surface area contributed by atoms with Crippen LogP contribution in [0, 0.1) is 17.6 Å². The molecule has 2 N–H and O–H groups in total. The van der Waals surface area contributed by atoms with E-state index in [-0.39, 0.29) is 29.7 Å². The van der Waals surface area contributed by atoms with E-state index in [0.717, 1.165) is 12.5 Å². The average molecular weight is 496 g/mol. The minimum atomic E-state index is -3.81. The zero-order valence-electron chi connectivity index (χ0n) is 18.6. The number of benzene rings is 2. The lowest BCUT2D eigenvalue weighted by molar-refractivity contribution is -0.121. The molecule has 0 saturated carbocycles. The minimum absolute atomic E-state index is 0.0105. The molecule has 0 aliphatic carbocycles. The lowest BCUT2D eigenvalue weighted by Crippen LogP contribution is -2.34. The van der Waals surface area contributed by atoms with Crippen LogP contribution in [-0.2, 0) is 14.8 Å². The normalized spacial score (nSPS) is 17.9. The number of anilines is 1. The van der Waals surface area contributed by atoms with Gasteiger partial charge >= 0.3 is 0 Å². The summed E-state index contributed by atoms with van der Waals surface area (Å²) in [6.07, 6.45) is 1.51. The van der Waals surface area contributed by atoms with Gasteiger partial charge in [-0.15, -0.1) is 0 Å². The largest absolute Gasteiger partial charge is 0.490 e. The summed E-state index contributed by atoms with van der Waals surface area (Å²) in [7, 11) is -3.81. The van der Waals surface area contributed by atoms with Crippen molar-refractivity contribution in [3.05, 3.63) is 48.0 Å². The van der Waals surface area contributed by atoms with Gasteiger partial charge in [0, 0.05) is 56.8 Å². The first-order valence-corrected chi connectivity index (χ1v) is 12.7. The molecule has 2 aliphatic heterocycles. The van der Waals surface area contributed by atoms with Crippen LogP contribution in [0.1, 0.15) is 19.3 Å². The first-order valence-electron chi connectivity index (χ1n) is 11.2. The van der Waals surface area contributed by atoms with Crippen LogP contribution in [0.25, 0.3) is 0 Å². The summed E-state index contributed by atoms with van der Waals surface area (Å²) in [5, 5.41) is 2.82. The Bertz CT molecular complexity index is 1150. The summed E-state index contributed by atoms with van der Waals surface area (Å²) >= 11 is 0. The fraction of sp³-hybridized carbons (Fsp3) is 0.435. The molecule has 2 aromatic carbocycles. The van der Waals surface area contributed by atoms with E-state index in [0.29, 0.717) is 56.5 Å². The Hall–Kier alpha value is -2.92. The lowest BCUT2D eigenvalue weighted by Gasteiger charge is -2.19. The number of amides is 1. The molecule has 2 aromatic rings. The third-order valence-corrected chi connectivity index (χ3v) is 7.27. The maximum atomic E-state index is 13.5. The van der Waals surface area contributed by atoms with Gasteiger partial charge < -0.3 is 19.7 Å². The second-order valence-electron chi connectivity index (χ2n) is 8.31. The van der Waals surface area contributed by atoms with Gasteiger partial charge in [-0.2, -0.15) is 0 Å². The predicted octanol–water partition coefficient (Wildman–Crippen LogP) is 2.44. The van der Waals surface area contributed by atoms with Gasteiger partial charge in [0.2, 0.25) is 15.9 Å². The number of carbonyl (C=O) groups excluding carboxylic acids is 1. The lowest BCUT2D eigenvalue weighted by atomic mass is 10.1. The van der Waals surface area contributed by atoms with E-state index in [1.54, 1.807) is 6.07 Å². The van der Waals surface area contributed by atoms with Crippen molar-refractivity contribution in [2.75, 3.05) is 44.3 Å². The summed E-state index contributed by atoms with van der Waals surface area (Å²) in [4.78, 5) is 14.2. The number of hydrogen-bond acceptors (Lipinski definition) is 6. The molecule has 184 valence electrons. The molecule has 2 heterocycles.